The number of rotatable bonds is 1. The molecule has 0 radical (unpaired) electrons. The van der Waals surface area contributed by atoms with E-state index in [9.17, 15) is 0 Å². The molecule has 1 unspecified atom stereocenters. The van der Waals surface area contributed by atoms with Crippen LogP contribution in [-0.2, 0) is 4.74 Å². The molecule has 0 aliphatic carbocycles. The van der Waals surface area contributed by atoms with Crippen LogP contribution in [0.5, 0.6) is 0 Å². The highest BCUT2D eigenvalue weighted by Gasteiger charge is 2.22. The number of nitrogens with zero attached hydrogens (tertiary/aromatic N) is 3. The van der Waals surface area contributed by atoms with Gasteiger partial charge in [0.2, 0.25) is 0 Å². The Morgan fingerprint density at radius 1 is 1.40 bits per heavy atom. The molecule has 2 aromatic rings. The molecule has 2 aromatic heterocycles. The second kappa shape index (κ2) is 3.47. The molecule has 15 heavy (non-hydrogen) atoms. The van der Waals surface area contributed by atoms with Crippen LogP contribution in [0.2, 0.25) is 5.02 Å². The molecule has 78 valence electrons. The summed E-state index contributed by atoms with van der Waals surface area (Å²) in [4.78, 5) is 0. The van der Waals surface area contributed by atoms with Crippen molar-refractivity contribution in [3.8, 4) is 0 Å². The van der Waals surface area contributed by atoms with Crippen LogP contribution in [0.4, 0.5) is 0 Å². The van der Waals surface area contributed by atoms with E-state index in [0.717, 1.165) is 30.9 Å². The number of ether oxygens (including phenoxy) is 1. The predicted molar refractivity (Wildman–Crippen MR) is 55.9 cm³/mol. The van der Waals surface area contributed by atoms with Gasteiger partial charge in [0.05, 0.1) is 5.02 Å². The molecule has 1 aliphatic heterocycles. The fourth-order valence-corrected chi connectivity index (χ4v) is 2.04. The lowest BCUT2D eigenvalue weighted by Gasteiger charge is -2.06. The first-order chi connectivity index (χ1) is 7.34. The molecule has 0 bridgehead atoms. The van der Waals surface area contributed by atoms with Crippen LogP contribution in [0, 0.1) is 0 Å². The average Bonchev–Trinajstić information content (AvgIpc) is 2.83. The van der Waals surface area contributed by atoms with Crippen molar-refractivity contribution in [2.45, 2.75) is 18.9 Å². The van der Waals surface area contributed by atoms with Crippen molar-refractivity contribution >= 4 is 17.2 Å². The second-order valence-electron chi connectivity index (χ2n) is 3.64. The van der Waals surface area contributed by atoms with Gasteiger partial charge in [0.1, 0.15) is 6.10 Å². The lowest BCUT2D eigenvalue weighted by atomic mass is 10.2. The van der Waals surface area contributed by atoms with Gasteiger partial charge in [-0.1, -0.05) is 11.6 Å². The average molecular weight is 224 g/mol. The minimum atomic E-state index is 0.0680. The lowest BCUT2D eigenvalue weighted by Crippen LogP contribution is -2.02. The van der Waals surface area contributed by atoms with Gasteiger partial charge in [-0.25, -0.2) is 0 Å². The zero-order valence-corrected chi connectivity index (χ0v) is 8.81. The van der Waals surface area contributed by atoms with Crippen molar-refractivity contribution in [2.24, 2.45) is 0 Å². The van der Waals surface area contributed by atoms with E-state index in [2.05, 4.69) is 10.2 Å². The van der Waals surface area contributed by atoms with Crippen molar-refractivity contribution in [3.63, 3.8) is 0 Å². The molecule has 1 aliphatic rings. The second-order valence-corrected chi connectivity index (χ2v) is 4.07. The van der Waals surface area contributed by atoms with Crippen molar-refractivity contribution < 1.29 is 4.74 Å². The molecule has 0 saturated carbocycles. The molecule has 1 saturated heterocycles. The van der Waals surface area contributed by atoms with Crippen molar-refractivity contribution in [1.82, 2.24) is 14.6 Å². The Morgan fingerprint density at radius 3 is 3.13 bits per heavy atom. The first kappa shape index (κ1) is 9.12. The molecule has 1 fully saturated rings. The van der Waals surface area contributed by atoms with Gasteiger partial charge >= 0.3 is 0 Å². The quantitative estimate of drug-likeness (QED) is 0.744. The first-order valence-corrected chi connectivity index (χ1v) is 5.34. The maximum Gasteiger partial charge on any atom is 0.166 e. The Morgan fingerprint density at radius 2 is 2.33 bits per heavy atom. The van der Waals surface area contributed by atoms with Crippen LogP contribution in [0.15, 0.2) is 18.3 Å². The zero-order valence-electron chi connectivity index (χ0n) is 8.06. The summed E-state index contributed by atoms with van der Waals surface area (Å²) in [5.74, 6) is 0.852. The molecule has 3 rings (SSSR count). The van der Waals surface area contributed by atoms with Gasteiger partial charge in [-0.2, -0.15) is 0 Å². The lowest BCUT2D eigenvalue weighted by molar-refractivity contribution is 0.104. The van der Waals surface area contributed by atoms with Gasteiger partial charge in [-0.3, -0.25) is 4.40 Å². The van der Waals surface area contributed by atoms with E-state index in [1.54, 1.807) is 0 Å². The standard InChI is InChI=1S/C10H10ClN3O/c11-7-3-4-9-12-13-10(14(9)6-7)8-2-1-5-15-8/h3-4,6,8H,1-2,5H2. The molecular weight excluding hydrogens is 214 g/mol. The van der Waals surface area contributed by atoms with Crippen LogP contribution >= 0.6 is 11.6 Å². The molecule has 0 N–H and O–H groups in total. The van der Waals surface area contributed by atoms with E-state index in [0.29, 0.717) is 5.02 Å². The van der Waals surface area contributed by atoms with Crippen LogP contribution in [0.25, 0.3) is 5.65 Å². The Kier molecular flexibility index (Phi) is 2.11. The largest absolute Gasteiger partial charge is 0.370 e. The van der Waals surface area contributed by atoms with E-state index < -0.39 is 0 Å². The number of fused-ring (bicyclic) bond motifs is 1. The van der Waals surface area contributed by atoms with Gasteiger partial charge in [-0.05, 0) is 25.0 Å². The number of halogens is 1. The van der Waals surface area contributed by atoms with Crippen molar-refractivity contribution in [3.05, 3.63) is 29.2 Å². The number of hydrogen-bond donors (Lipinski definition) is 0. The van der Waals surface area contributed by atoms with Crippen molar-refractivity contribution in [1.29, 1.82) is 0 Å². The van der Waals surface area contributed by atoms with E-state index >= 15 is 0 Å². The van der Waals surface area contributed by atoms with E-state index in [1.807, 2.05) is 22.7 Å². The summed E-state index contributed by atoms with van der Waals surface area (Å²) in [6.45, 7) is 0.806. The third-order valence-corrected chi connectivity index (χ3v) is 2.83. The monoisotopic (exact) mass is 223 g/mol. The SMILES string of the molecule is Clc1ccc2nnc(C3CCCO3)n2c1. The highest BCUT2D eigenvalue weighted by atomic mass is 35.5. The number of hydrogen-bond acceptors (Lipinski definition) is 3. The highest BCUT2D eigenvalue weighted by Crippen LogP contribution is 2.27. The maximum atomic E-state index is 5.94. The number of pyridine rings is 1. The van der Waals surface area contributed by atoms with E-state index in [4.69, 9.17) is 16.3 Å². The van der Waals surface area contributed by atoms with Crippen LogP contribution in [0.1, 0.15) is 24.8 Å². The van der Waals surface area contributed by atoms with Crippen LogP contribution in [0.3, 0.4) is 0 Å². The molecular formula is C10H10ClN3O. The summed E-state index contributed by atoms with van der Waals surface area (Å²) >= 11 is 5.94. The van der Waals surface area contributed by atoms with Crippen LogP contribution in [-0.4, -0.2) is 21.2 Å². The van der Waals surface area contributed by atoms with E-state index in [-0.39, 0.29) is 6.10 Å². The summed E-state index contributed by atoms with van der Waals surface area (Å²) in [6, 6.07) is 3.67. The third kappa shape index (κ3) is 1.50. The third-order valence-electron chi connectivity index (χ3n) is 2.61. The molecule has 4 nitrogen and oxygen atoms in total. The minimum absolute atomic E-state index is 0.0680. The Balaban J connectivity index is 2.13. The Hall–Kier alpha value is -1.13. The molecule has 0 amide bonds. The highest BCUT2D eigenvalue weighted by molar-refractivity contribution is 6.30. The Labute approximate surface area is 91.8 Å². The normalized spacial score (nSPS) is 21.3. The molecule has 0 spiro atoms. The van der Waals surface area contributed by atoms with Gasteiger partial charge in [0, 0.05) is 12.8 Å². The van der Waals surface area contributed by atoms with Crippen LogP contribution < -0.4 is 0 Å². The molecule has 0 aromatic carbocycles. The van der Waals surface area contributed by atoms with Crippen molar-refractivity contribution in [2.75, 3.05) is 6.61 Å². The van der Waals surface area contributed by atoms with E-state index in [1.165, 1.54) is 0 Å². The first-order valence-electron chi connectivity index (χ1n) is 4.96. The smallest absolute Gasteiger partial charge is 0.166 e. The topological polar surface area (TPSA) is 39.4 Å². The number of aromatic nitrogens is 3. The summed E-state index contributed by atoms with van der Waals surface area (Å²) in [7, 11) is 0. The van der Waals surface area contributed by atoms with Gasteiger partial charge in [-0.15, -0.1) is 10.2 Å². The summed E-state index contributed by atoms with van der Waals surface area (Å²) in [5.41, 5.74) is 0.810. The predicted octanol–water partition coefficient (Wildman–Crippen LogP) is 2.23. The fourth-order valence-electron chi connectivity index (χ4n) is 1.88. The Bertz CT molecular complexity index is 490. The fraction of sp³-hybridized carbons (Fsp3) is 0.400. The van der Waals surface area contributed by atoms with Gasteiger partial charge in [0.15, 0.2) is 11.5 Å². The molecule has 3 heterocycles. The zero-order chi connectivity index (χ0) is 10.3. The summed E-state index contributed by atoms with van der Waals surface area (Å²) in [6.07, 6.45) is 3.99. The molecule has 5 heteroatoms. The van der Waals surface area contributed by atoms with Gasteiger partial charge < -0.3 is 4.74 Å². The van der Waals surface area contributed by atoms with Gasteiger partial charge in [0.25, 0.3) is 0 Å². The summed E-state index contributed by atoms with van der Waals surface area (Å²) in [5, 5.41) is 8.91. The maximum absolute atomic E-state index is 5.94. The summed E-state index contributed by atoms with van der Waals surface area (Å²) < 4.78 is 7.48. The minimum Gasteiger partial charge on any atom is -0.370 e. The molecule has 1 atom stereocenters.